The molecule has 0 aliphatic heterocycles. The quantitative estimate of drug-likeness (QED) is 0.713. The molecule has 2 rings (SSSR count). The molecule has 1 fully saturated rings. The standard InChI is InChI=1S/C14H26N4O2S/c1-12(2)15-8-5-9-18-11-13(10-16-18)21(19,20)17-14(3)6-4-7-14/h10-12,15,17H,4-9H2,1-3H3. The van der Waals surface area contributed by atoms with E-state index in [-0.39, 0.29) is 10.4 Å². The molecule has 0 amide bonds. The van der Waals surface area contributed by atoms with E-state index in [9.17, 15) is 8.42 Å². The van der Waals surface area contributed by atoms with E-state index in [0.717, 1.165) is 32.2 Å². The van der Waals surface area contributed by atoms with Crippen LogP contribution in [0.2, 0.25) is 0 Å². The number of sulfonamides is 1. The Morgan fingerprint density at radius 3 is 2.71 bits per heavy atom. The monoisotopic (exact) mass is 314 g/mol. The van der Waals surface area contributed by atoms with Gasteiger partial charge < -0.3 is 5.32 Å². The van der Waals surface area contributed by atoms with Crippen LogP contribution in [-0.4, -0.2) is 36.3 Å². The molecular formula is C14H26N4O2S. The molecule has 2 N–H and O–H groups in total. The van der Waals surface area contributed by atoms with Gasteiger partial charge in [-0.3, -0.25) is 4.68 Å². The lowest BCUT2D eigenvalue weighted by Crippen LogP contribution is -2.50. The van der Waals surface area contributed by atoms with E-state index >= 15 is 0 Å². The van der Waals surface area contributed by atoms with Crippen molar-refractivity contribution in [2.45, 2.75) is 69.5 Å². The molecule has 1 aliphatic rings. The van der Waals surface area contributed by atoms with E-state index in [1.165, 1.54) is 6.20 Å². The minimum atomic E-state index is -3.45. The van der Waals surface area contributed by atoms with Gasteiger partial charge in [0.05, 0.1) is 6.20 Å². The van der Waals surface area contributed by atoms with Crippen molar-refractivity contribution in [1.82, 2.24) is 19.8 Å². The van der Waals surface area contributed by atoms with E-state index in [0.29, 0.717) is 12.6 Å². The van der Waals surface area contributed by atoms with Gasteiger partial charge in [0.15, 0.2) is 0 Å². The summed E-state index contributed by atoms with van der Waals surface area (Å²) in [5.41, 5.74) is -0.276. The third kappa shape index (κ3) is 4.52. The van der Waals surface area contributed by atoms with Gasteiger partial charge in [0, 0.05) is 24.3 Å². The average Bonchev–Trinajstić information content (AvgIpc) is 2.81. The number of rotatable bonds is 8. The Hall–Kier alpha value is -0.920. The number of aromatic nitrogens is 2. The largest absolute Gasteiger partial charge is 0.314 e. The molecule has 1 saturated carbocycles. The lowest BCUT2D eigenvalue weighted by Gasteiger charge is -2.38. The van der Waals surface area contributed by atoms with Crippen LogP contribution in [0.3, 0.4) is 0 Å². The Bertz CT molecular complexity index is 561. The summed E-state index contributed by atoms with van der Waals surface area (Å²) >= 11 is 0. The zero-order valence-corrected chi connectivity index (χ0v) is 13.9. The summed E-state index contributed by atoms with van der Waals surface area (Å²) < 4.78 is 29.1. The summed E-state index contributed by atoms with van der Waals surface area (Å²) in [7, 11) is -3.45. The van der Waals surface area contributed by atoms with Crippen molar-refractivity contribution in [1.29, 1.82) is 0 Å². The molecule has 0 spiro atoms. The van der Waals surface area contributed by atoms with Gasteiger partial charge in [-0.05, 0) is 39.2 Å². The molecule has 0 radical (unpaired) electrons. The molecule has 7 heteroatoms. The second-order valence-electron chi connectivity index (χ2n) is 6.42. The van der Waals surface area contributed by atoms with Crippen LogP contribution >= 0.6 is 0 Å². The topological polar surface area (TPSA) is 76.0 Å². The van der Waals surface area contributed by atoms with Crippen molar-refractivity contribution < 1.29 is 8.42 Å². The van der Waals surface area contributed by atoms with Crippen LogP contribution in [0.15, 0.2) is 17.3 Å². The number of aryl methyl sites for hydroxylation is 1. The number of hydrogen-bond donors (Lipinski definition) is 2. The van der Waals surface area contributed by atoms with E-state index in [2.05, 4.69) is 29.0 Å². The Labute approximate surface area is 127 Å². The van der Waals surface area contributed by atoms with Crippen molar-refractivity contribution in [3.63, 3.8) is 0 Å². The first-order valence-corrected chi connectivity index (χ1v) is 9.09. The second-order valence-corrected chi connectivity index (χ2v) is 8.10. The van der Waals surface area contributed by atoms with Gasteiger partial charge >= 0.3 is 0 Å². The highest BCUT2D eigenvalue weighted by Gasteiger charge is 2.36. The second kappa shape index (κ2) is 6.46. The molecule has 0 atom stereocenters. The highest BCUT2D eigenvalue weighted by Crippen LogP contribution is 2.32. The number of hydrogen-bond acceptors (Lipinski definition) is 4. The molecular weight excluding hydrogens is 288 g/mol. The fraction of sp³-hybridized carbons (Fsp3) is 0.786. The molecule has 1 aliphatic carbocycles. The van der Waals surface area contributed by atoms with Crippen LogP contribution < -0.4 is 10.0 Å². The summed E-state index contributed by atoms with van der Waals surface area (Å²) in [6.07, 6.45) is 6.86. The third-order valence-electron chi connectivity index (χ3n) is 3.87. The smallest absolute Gasteiger partial charge is 0.244 e. The first kappa shape index (κ1) is 16.5. The maximum absolute atomic E-state index is 12.3. The van der Waals surface area contributed by atoms with Gasteiger partial charge in [-0.1, -0.05) is 13.8 Å². The SMILES string of the molecule is CC(C)NCCCn1cc(S(=O)(=O)NC2(C)CCC2)cn1. The fourth-order valence-corrected chi connectivity index (χ4v) is 3.85. The molecule has 0 saturated heterocycles. The highest BCUT2D eigenvalue weighted by atomic mass is 32.2. The summed E-state index contributed by atoms with van der Waals surface area (Å²) in [5, 5.41) is 7.47. The molecule has 0 bridgehead atoms. The predicted molar refractivity (Wildman–Crippen MR) is 82.6 cm³/mol. The predicted octanol–water partition coefficient (Wildman–Crippen LogP) is 1.49. The number of nitrogens with one attached hydrogen (secondary N) is 2. The number of nitrogens with zero attached hydrogens (tertiary/aromatic N) is 2. The molecule has 21 heavy (non-hydrogen) atoms. The Morgan fingerprint density at radius 1 is 1.43 bits per heavy atom. The van der Waals surface area contributed by atoms with Crippen LogP contribution in [0.25, 0.3) is 0 Å². The van der Waals surface area contributed by atoms with E-state index < -0.39 is 10.0 Å². The molecule has 0 aromatic carbocycles. The van der Waals surface area contributed by atoms with Gasteiger partial charge in [0.25, 0.3) is 0 Å². The summed E-state index contributed by atoms with van der Waals surface area (Å²) in [6.45, 7) is 7.77. The Kier molecular flexibility index (Phi) is 5.06. The van der Waals surface area contributed by atoms with E-state index in [4.69, 9.17) is 0 Å². The van der Waals surface area contributed by atoms with Crippen molar-refractivity contribution in [2.75, 3.05) is 6.54 Å². The molecule has 120 valence electrons. The summed E-state index contributed by atoms with van der Waals surface area (Å²) in [6, 6.07) is 0.464. The maximum Gasteiger partial charge on any atom is 0.244 e. The van der Waals surface area contributed by atoms with Crippen molar-refractivity contribution in [3.8, 4) is 0 Å². The van der Waals surface area contributed by atoms with E-state index in [1.807, 2.05) is 6.92 Å². The lowest BCUT2D eigenvalue weighted by molar-refractivity contribution is 0.248. The van der Waals surface area contributed by atoms with Crippen LogP contribution in [0.5, 0.6) is 0 Å². The first-order valence-electron chi connectivity index (χ1n) is 7.61. The van der Waals surface area contributed by atoms with Gasteiger partial charge in [-0.15, -0.1) is 0 Å². The minimum absolute atomic E-state index is 0.257. The van der Waals surface area contributed by atoms with Crippen LogP contribution in [0.4, 0.5) is 0 Å². The average molecular weight is 314 g/mol. The zero-order valence-electron chi connectivity index (χ0n) is 13.1. The van der Waals surface area contributed by atoms with E-state index in [1.54, 1.807) is 10.9 Å². The molecule has 1 aromatic rings. The third-order valence-corrected chi connectivity index (χ3v) is 5.47. The minimum Gasteiger partial charge on any atom is -0.314 e. The zero-order chi connectivity index (χ0) is 15.5. The summed E-state index contributed by atoms with van der Waals surface area (Å²) in [4.78, 5) is 0.257. The molecule has 1 heterocycles. The maximum atomic E-state index is 12.3. The summed E-state index contributed by atoms with van der Waals surface area (Å²) in [5.74, 6) is 0. The van der Waals surface area contributed by atoms with Gasteiger partial charge in [0.1, 0.15) is 4.90 Å². The van der Waals surface area contributed by atoms with Crippen molar-refractivity contribution >= 4 is 10.0 Å². The van der Waals surface area contributed by atoms with Crippen LogP contribution in [0.1, 0.15) is 46.5 Å². The molecule has 1 aromatic heterocycles. The fourth-order valence-electron chi connectivity index (χ4n) is 2.43. The van der Waals surface area contributed by atoms with Crippen LogP contribution in [0, 0.1) is 0 Å². The highest BCUT2D eigenvalue weighted by molar-refractivity contribution is 7.89. The Balaban J connectivity index is 1.89. The molecule has 6 nitrogen and oxygen atoms in total. The van der Waals surface area contributed by atoms with Crippen molar-refractivity contribution in [2.24, 2.45) is 0 Å². The van der Waals surface area contributed by atoms with Gasteiger partial charge in [-0.2, -0.15) is 5.10 Å². The van der Waals surface area contributed by atoms with Gasteiger partial charge in [-0.25, -0.2) is 13.1 Å². The first-order chi connectivity index (χ1) is 9.81. The molecule has 0 unspecified atom stereocenters. The Morgan fingerprint density at radius 2 is 2.14 bits per heavy atom. The van der Waals surface area contributed by atoms with Gasteiger partial charge in [0.2, 0.25) is 10.0 Å². The lowest BCUT2D eigenvalue weighted by atomic mass is 9.80. The normalized spacial score (nSPS) is 17.9. The van der Waals surface area contributed by atoms with Crippen molar-refractivity contribution in [3.05, 3.63) is 12.4 Å². The van der Waals surface area contributed by atoms with Crippen LogP contribution in [-0.2, 0) is 16.6 Å².